The quantitative estimate of drug-likeness (QED) is 0.439. The van der Waals surface area contributed by atoms with Gasteiger partial charge in [-0.2, -0.15) is 0 Å². The van der Waals surface area contributed by atoms with Crippen LogP contribution in [0.5, 0.6) is 0 Å². The molecule has 2 heterocycles. The van der Waals surface area contributed by atoms with Gasteiger partial charge in [0.25, 0.3) is 5.56 Å². The third-order valence-corrected chi connectivity index (χ3v) is 5.03. The zero-order valence-corrected chi connectivity index (χ0v) is 17.6. The highest BCUT2D eigenvalue weighted by molar-refractivity contribution is 7.80. The Kier molecular flexibility index (Phi) is 7.32. The molecule has 0 unspecified atom stereocenters. The van der Waals surface area contributed by atoms with E-state index < -0.39 is 0 Å². The molecule has 0 amide bonds. The number of hydrogen-bond acceptors (Lipinski definition) is 4. The van der Waals surface area contributed by atoms with Crippen LogP contribution in [0.3, 0.4) is 0 Å². The number of hydrogen-bond donors (Lipinski definition) is 2. The van der Waals surface area contributed by atoms with Crippen molar-refractivity contribution < 1.29 is 4.74 Å². The van der Waals surface area contributed by atoms with E-state index in [2.05, 4.69) is 15.3 Å². The first kappa shape index (κ1) is 21.0. The standard InChI is InChI=1S/C22H26N4O2S/c1-16-6-7-18-12-19(21(27)25-20(18)11-16)15-26(14-17-5-3-8-23-13-17)22(29)24-9-4-10-28-2/h3,5-8,11-13H,4,9-10,14-15H2,1-2H3,(H,24,29)(H,25,27). The minimum absolute atomic E-state index is 0.0959. The fourth-order valence-corrected chi connectivity index (χ4v) is 3.35. The first-order chi connectivity index (χ1) is 14.1. The zero-order valence-electron chi connectivity index (χ0n) is 16.8. The Morgan fingerprint density at radius 2 is 2.14 bits per heavy atom. The number of ether oxygens (including phenoxy) is 1. The summed E-state index contributed by atoms with van der Waals surface area (Å²) in [4.78, 5) is 21.8. The second-order valence-electron chi connectivity index (χ2n) is 7.01. The van der Waals surface area contributed by atoms with Crippen LogP contribution in [0, 0.1) is 6.92 Å². The molecule has 0 spiro atoms. The first-order valence-electron chi connectivity index (χ1n) is 9.60. The molecule has 0 aliphatic carbocycles. The Balaban J connectivity index is 1.82. The summed E-state index contributed by atoms with van der Waals surface area (Å²) in [5.74, 6) is 0. The molecule has 3 rings (SSSR count). The number of thiocarbonyl (C=S) groups is 1. The average Bonchev–Trinajstić information content (AvgIpc) is 2.72. The maximum absolute atomic E-state index is 12.7. The van der Waals surface area contributed by atoms with E-state index in [0.717, 1.165) is 28.5 Å². The number of rotatable bonds is 8. The third-order valence-electron chi connectivity index (χ3n) is 4.62. The van der Waals surface area contributed by atoms with Gasteiger partial charge in [0, 0.05) is 50.3 Å². The predicted octanol–water partition coefficient (Wildman–Crippen LogP) is 3.14. The van der Waals surface area contributed by atoms with Crippen LogP contribution in [0.15, 0.2) is 53.6 Å². The third kappa shape index (κ3) is 5.85. The Hall–Kier alpha value is -2.77. The zero-order chi connectivity index (χ0) is 20.6. The van der Waals surface area contributed by atoms with Gasteiger partial charge in [-0.15, -0.1) is 0 Å². The van der Waals surface area contributed by atoms with Crippen LogP contribution >= 0.6 is 12.2 Å². The lowest BCUT2D eigenvalue weighted by molar-refractivity contribution is 0.195. The minimum Gasteiger partial charge on any atom is -0.385 e. The fourth-order valence-electron chi connectivity index (χ4n) is 3.12. The molecule has 1 aromatic carbocycles. The molecule has 0 aliphatic heterocycles. The lowest BCUT2D eigenvalue weighted by atomic mass is 10.1. The summed E-state index contributed by atoms with van der Waals surface area (Å²) in [6, 6.07) is 11.9. The molecule has 6 nitrogen and oxygen atoms in total. The number of aromatic amines is 1. The number of aromatic nitrogens is 2. The summed E-state index contributed by atoms with van der Waals surface area (Å²) < 4.78 is 5.09. The van der Waals surface area contributed by atoms with Crippen molar-refractivity contribution in [2.45, 2.75) is 26.4 Å². The smallest absolute Gasteiger partial charge is 0.253 e. The highest BCUT2D eigenvalue weighted by Crippen LogP contribution is 2.15. The van der Waals surface area contributed by atoms with Gasteiger partial charge in [0.1, 0.15) is 0 Å². The number of pyridine rings is 2. The van der Waals surface area contributed by atoms with E-state index in [1.807, 2.05) is 54.4 Å². The van der Waals surface area contributed by atoms with Crippen molar-refractivity contribution in [3.8, 4) is 0 Å². The summed E-state index contributed by atoms with van der Waals surface area (Å²) in [6.45, 7) is 4.36. The first-order valence-corrected chi connectivity index (χ1v) is 10.0. The fraction of sp³-hybridized carbons (Fsp3) is 0.318. The van der Waals surface area contributed by atoms with Crippen molar-refractivity contribution in [2.24, 2.45) is 0 Å². The van der Waals surface area contributed by atoms with Crippen molar-refractivity contribution in [1.82, 2.24) is 20.2 Å². The van der Waals surface area contributed by atoms with Gasteiger partial charge < -0.3 is 19.9 Å². The van der Waals surface area contributed by atoms with Gasteiger partial charge >= 0.3 is 0 Å². The van der Waals surface area contributed by atoms with E-state index in [9.17, 15) is 4.79 Å². The van der Waals surface area contributed by atoms with Crippen molar-refractivity contribution in [1.29, 1.82) is 0 Å². The molecule has 0 saturated heterocycles. The number of aryl methyl sites for hydroxylation is 1. The number of nitrogens with zero attached hydrogens (tertiary/aromatic N) is 2. The summed E-state index contributed by atoms with van der Waals surface area (Å²) in [5.41, 5.74) is 3.56. The predicted molar refractivity (Wildman–Crippen MR) is 120 cm³/mol. The van der Waals surface area contributed by atoms with E-state index in [0.29, 0.717) is 36.9 Å². The number of benzene rings is 1. The number of methoxy groups -OCH3 is 1. The van der Waals surface area contributed by atoms with E-state index in [1.54, 1.807) is 13.3 Å². The van der Waals surface area contributed by atoms with Gasteiger partial charge in [-0.25, -0.2) is 0 Å². The topological polar surface area (TPSA) is 70.2 Å². The Morgan fingerprint density at radius 1 is 1.28 bits per heavy atom. The van der Waals surface area contributed by atoms with Crippen LogP contribution in [-0.4, -0.2) is 40.2 Å². The largest absolute Gasteiger partial charge is 0.385 e. The van der Waals surface area contributed by atoms with Gasteiger partial charge in [-0.05, 0) is 60.3 Å². The maximum Gasteiger partial charge on any atom is 0.253 e. The second kappa shape index (κ2) is 10.1. The van der Waals surface area contributed by atoms with Crippen LogP contribution in [0.1, 0.15) is 23.1 Å². The van der Waals surface area contributed by atoms with Crippen LogP contribution in [0.4, 0.5) is 0 Å². The number of H-pyrrole nitrogens is 1. The molecule has 2 aromatic heterocycles. The summed E-state index contributed by atoms with van der Waals surface area (Å²) >= 11 is 5.62. The monoisotopic (exact) mass is 410 g/mol. The molecule has 0 saturated carbocycles. The summed E-state index contributed by atoms with van der Waals surface area (Å²) in [7, 11) is 1.68. The van der Waals surface area contributed by atoms with Crippen molar-refractivity contribution in [3.63, 3.8) is 0 Å². The normalized spacial score (nSPS) is 10.8. The molecule has 7 heteroatoms. The SMILES string of the molecule is COCCCNC(=S)N(Cc1cccnc1)Cc1cc2ccc(C)cc2[nH]c1=O. The molecule has 3 aromatic rings. The van der Waals surface area contributed by atoms with Crippen LogP contribution < -0.4 is 10.9 Å². The van der Waals surface area contributed by atoms with E-state index in [4.69, 9.17) is 17.0 Å². The molecule has 2 N–H and O–H groups in total. The molecule has 0 fully saturated rings. The number of fused-ring (bicyclic) bond motifs is 1. The second-order valence-corrected chi connectivity index (χ2v) is 7.40. The van der Waals surface area contributed by atoms with E-state index in [-0.39, 0.29) is 5.56 Å². The maximum atomic E-state index is 12.7. The molecule has 0 aliphatic rings. The van der Waals surface area contributed by atoms with E-state index in [1.165, 1.54) is 0 Å². The Labute approximate surface area is 175 Å². The Bertz CT molecular complexity index is 1020. The highest BCUT2D eigenvalue weighted by Gasteiger charge is 2.14. The van der Waals surface area contributed by atoms with Gasteiger partial charge in [0.15, 0.2) is 5.11 Å². The molecule has 152 valence electrons. The molecule has 0 radical (unpaired) electrons. The Morgan fingerprint density at radius 3 is 2.90 bits per heavy atom. The molecule has 29 heavy (non-hydrogen) atoms. The number of nitrogens with one attached hydrogen (secondary N) is 2. The molecule has 0 atom stereocenters. The van der Waals surface area contributed by atoms with Gasteiger partial charge in [0.2, 0.25) is 0 Å². The van der Waals surface area contributed by atoms with Crippen molar-refractivity contribution >= 4 is 28.2 Å². The summed E-state index contributed by atoms with van der Waals surface area (Å²) in [5, 5.41) is 4.88. The van der Waals surface area contributed by atoms with Crippen molar-refractivity contribution in [2.75, 3.05) is 20.3 Å². The minimum atomic E-state index is -0.0959. The highest BCUT2D eigenvalue weighted by atomic mass is 32.1. The average molecular weight is 411 g/mol. The van der Waals surface area contributed by atoms with Crippen LogP contribution in [0.2, 0.25) is 0 Å². The molecule has 0 bridgehead atoms. The van der Waals surface area contributed by atoms with Crippen LogP contribution in [0.25, 0.3) is 10.9 Å². The molecular formula is C22H26N4O2S. The molecular weight excluding hydrogens is 384 g/mol. The lowest BCUT2D eigenvalue weighted by Gasteiger charge is -2.26. The van der Waals surface area contributed by atoms with Crippen LogP contribution in [-0.2, 0) is 17.8 Å². The summed E-state index contributed by atoms with van der Waals surface area (Å²) in [6.07, 6.45) is 4.41. The van der Waals surface area contributed by atoms with Gasteiger partial charge in [-0.3, -0.25) is 9.78 Å². The lowest BCUT2D eigenvalue weighted by Crippen LogP contribution is -2.40. The van der Waals surface area contributed by atoms with Crippen molar-refractivity contribution in [3.05, 3.63) is 75.8 Å². The van der Waals surface area contributed by atoms with Gasteiger partial charge in [0.05, 0.1) is 6.54 Å². The van der Waals surface area contributed by atoms with Gasteiger partial charge in [-0.1, -0.05) is 18.2 Å². The van der Waals surface area contributed by atoms with E-state index >= 15 is 0 Å².